The highest BCUT2D eigenvalue weighted by Crippen LogP contribution is 2.18. The molecule has 1 atom stereocenters. The standard InChI is InChI=1S/C16H26N2O/c1-11(9-17)10-18-16(19)8-7-15-6-5-12(2)13(3)14(15)4/h5-6,11H,7-10,17H2,1-4H3,(H,18,19). The molecule has 3 N–H and O–H groups in total. The van der Waals surface area contributed by atoms with Crippen LogP contribution in [-0.2, 0) is 11.2 Å². The molecule has 1 unspecified atom stereocenters. The number of hydrogen-bond donors (Lipinski definition) is 2. The third kappa shape index (κ3) is 4.67. The average molecular weight is 262 g/mol. The van der Waals surface area contributed by atoms with Gasteiger partial charge in [-0.25, -0.2) is 0 Å². The van der Waals surface area contributed by atoms with Gasteiger partial charge in [-0.2, -0.15) is 0 Å². The summed E-state index contributed by atoms with van der Waals surface area (Å²) in [6.45, 7) is 9.70. The van der Waals surface area contributed by atoms with Crippen LogP contribution in [0.15, 0.2) is 12.1 Å². The van der Waals surface area contributed by atoms with Crippen molar-refractivity contribution in [3.8, 4) is 0 Å². The van der Waals surface area contributed by atoms with Crippen LogP contribution in [0.1, 0.15) is 35.6 Å². The number of carbonyl (C=O) groups excluding carboxylic acids is 1. The summed E-state index contributed by atoms with van der Waals surface area (Å²) in [5, 5.41) is 2.93. The number of aryl methyl sites for hydroxylation is 2. The lowest BCUT2D eigenvalue weighted by atomic mass is 9.96. The number of nitrogens with two attached hydrogens (primary N) is 1. The van der Waals surface area contributed by atoms with E-state index in [1.807, 2.05) is 6.92 Å². The molecule has 0 fully saturated rings. The fraction of sp³-hybridized carbons (Fsp3) is 0.562. The van der Waals surface area contributed by atoms with Gasteiger partial charge in [0, 0.05) is 13.0 Å². The lowest BCUT2D eigenvalue weighted by Crippen LogP contribution is -2.31. The van der Waals surface area contributed by atoms with Crippen LogP contribution in [0.4, 0.5) is 0 Å². The van der Waals surface area contributed by atoms with E-state index in [-0.39, 0.29) is 5.91 Å². The second kappa shape index (κ2) is 7.29. The quantitative estimate of drug-likeness (QED) is 0.826. The number of hydrogen-bond acceptors (Lipinski definition) is 2. The van der Waals surface area contributed by atoms with Gasteiger partial charge in [0.15, 0.2) is 0 Å². The van der Waals surface area contributed by atoms with E-state index in [0.717, 1.165) is 6.42 Å². The Bertz CT molecular complexity index is 441. The molecular formula is C16H26N2O. The van der Waals surface area contributed by atoms with E-state index in [2.05, 4.69) is 38.2 Å². The first-order chi connectivity index (χ1) is 8.95. The van der Waals surface area contributed by atoms with Crippen LogP contribution in [0.5, 0.6) is 0 Å². The Morgan fingerprint density at radius 2 is 1.95 bits per heavy atom. The van der Waals surface area contributed by atoms with E-state index in [0.29, 0.717) is 25.4 Å². The molecule has 1 aromatic carbocycles. The molecule has 3 nitrogen and oxygen atoms in total. The number of carbonyl (C=O) groups is 1. The largest absolute Gasteiger partial charge is 0.356 e. The molecule has 0 radical (unpaired) electrons. The summed E-state index contributed by atoms with van der Waals surface area (Å²) < 4.78 is 0. The number of nitrogens with one attached hydrogen (secondary N) is 1. The molecule has 0 spiro atoms. The maximum atomic E-state index is 11.7. The van der Waals surface area contributed by atoms with E-state index in [4.69, 9.17) is 5.73 Å². The molecule has 3 heteroatoms. The lowest BCUT2D eigenvalue weighted by Gasteiger charge is -2.12. The predicted molar refractivity (Wildman–Crippen MR) is 80.2 cm³/mol. The van der Waals surface area contributed by atoms with Crippen LogP contribution in [0.3, 0.4) is 0 Å². The molecular weight excluding hydrogens is 236 g/mol. The Morgan fingerprint density at radius 3 is 2.58 bits per heavy atom. The van der Waals surface area contributed by atoms with Gasteiger partial charge in [0.25, 0.3) is 0 Å². The Hall–Kier alpha value is -1.35. The fourth-order valence-corrected chi connectivity index (χ4v) is 1.99. The minimum atomic E-state index is 0.109. The summed E-state index contributed by atoms with van der Waals surface area (Å²) >= 11 is 0. The second-order valence-electron chi connectivity index (χ2n) is 5.44. The normalized spacial score (nSPS) is 12.3. The maximum absolute atomic E-state index is 11.7. The van der Waals surface area contributed by atoms with Crippen molar-refractivity contribution in [2.45, 2.75) is 40.5 Å². The van der Waals surface area contributed by atoms with E-state index in [9.17, 15) is 4.79 Å². The number of rotatable bonds is 6. The first-order valence-corrected chi connectivity index (χ1v) is 6.98. The summed E-state index contributed by atoms with van der Waals surface area (Å²) in [4.78, 5) is 11.7. The van der Waals surface area contributed by atoms with Crippen molar-refractivity contribution in [2.24, 2.45) is 11.7 Å². The third-order valence-electron chi connectivity index (χ3n) is 3.84. The highest BCUT2D eigenvalue weighted by atomic mass is 16.1. The topological polar surface area (TPSA) is 55.1 Å². The van der Waals surface area contributed by atoms with Crippen LogP contribution in [0.2, 0.25) is 0 Å². The van der Waals surface area contributed by atoms with Gasteiger partial charge < -0.3 is 11.1 Å². The van der Waals surface area contributed by atoms with Crippen molar-refractivity contribution in [3.05, 3.63) is 34.4 Å². The zero-order valence-electron chi connectivity index (χ0n) is 12.5. The Labute approximate surface area is 116 Å². The molecule has 0 aliphatic rings. The summed E-state index contributed by atoms with van der Waals surface area (Å²) in [6.07, 6.45) is 1.34. The summed E-state index contributed by atoms with van der Waals surface area (Å²) in [5.74, 6) is 0.449. The van der Waals surface area contributed by atoms with Gasteiger partial charge in [-0.05, 0) is 61.9 Å². The smallest absolute Gasteiger partial charge is 0.220 e. The van der Waals surface area contributed by atoms with Crippen LogP contribution >= 0.6 is 0 Å². The van der Waals surface area contributed by atoms with Crippen molar-refractivity contribution >= 4 is 5.91 Å². The van der Waals surface area contributed by atoms with E-state index < -0.39 is 0 Å². The van der Waals surface area contributed by atoms with Crippen LogP contribution in [-0.4, -0.2) is 19.0 Å². The molecule has 1 aromatic rings. The maximum Gasteiger partial charge on any atom is 0.220 e. The highest BCUT2D eigenvalue weighted by molar-refractivity contribution is 5.76. The lowest BCUT2D eigenvalue weighted by molar-refractivity contribution is -0.121. The number of benzene rings is 1. The van der Waals surface area contributed by atoms with Gasteiger partial charge in [-0.15, -0.1) is 0 Å². The SMILES string of the molecule is Cc1ccc(CCC(=O)NCC(C)CN)c(C)c1C. The molecule has 1 amide bonds. The summed E-state index contributed by atoms with van der Waals surface area (Å²) in [5.41, 5.74) is 10.7. The fourth-order valence-electron chi connectivity index (χ4n) is 1.99. The number of amides is 1. The van der Waals surface area contributed by atoms with Crippen molar-refractivity contribution in [1.29, 1.82) is 0 Å². The van der Waals surface area contributed by atoms with E-state index in [1.54, 1.807) is 0 Å². The van der Waals surface area contributed by atoms with Gasteiger partial charge in [0.1, 0.15) is 0 Å². The minimum Gasteiger partial charge on any atom is -0.356 e. The predicted octanol–water partition coefficient (Wildman–Crippen LogP) is 2.26. The molecule has 106 valence electrons. The molecule has 1 rings (SSSR count). The highest BCUT2D eigenvalue weighted by Gasteiger charge is 2.07. The van der Waals surface area contributed by atoms with Crippen LogP contribution in [0.25, 0.3) is 0 Å². The Balaban J connectivity index is 2.49. The van der Waals surface area contributed by atoms with Crippen LogP contribution < -0.4 is 11.1 Å². The van der Waals surface area contributed by atoms with Gasteiger partial charge in [0.05, 0.1) is 0 Å². The Kier molecular flexibility index (Phi) is 6.03. The van der Waals surface area contributed by atoms with E-state index >= 15 is 0 Å². The molecule has 0 aliphatic heterocycles. The molecule has 19 heavy (non-hydrogen) atoms. The average Bonchev–Trinajstić information content (AvgIpc) is 2.41. The monoisotopic (exact) mass is 262 g/mol. The van der Waals surface area contributed by atoms with Crippen molar-refractivity contribution < 1.29 is 4.79 Å². The molecule has 0 bridgehead atoms. The van der Waals surface area contributed by atoms with Crippen LogP contribution in [0, 0.1) is 26.7 Å². The van der Waals surface area contributed by atoms with Gasteiger partial charge in [0.2, 0.25) is 5.91 Å². The summed E-state index contributed by atoms with van der Waals surface area (Å²) in [6, 6.07) is 4.26. The first-order valence-electron chi connectivity index (χ1n) is 6.98. The van der Waals surface area contributed by atoms with Crippen molar-refractivity contribution in [3.63, 3.8) is 0 Å². The molecule has 0 aromatic heterocycles. The molecule has 0 saturated heterocycles. The molecule has 0 aliphatic carbocycles. The van der Waals surface area contributed by atoms with Gasteiger partial charge in [-0.3, -0.25) is 4.79 Å². The van der Waals surface area contributed by atoms with E-state index in [1.165, 1.54) is 22.3 Å². The minimum absolute atomic E-state index is 0.109. The summed E-state index contributed by atoms with van der Waals surface area (Å²) in [7, 11) is 0. The molecule has 0 saturated carbocycles. The van der Waals surface area contributed by atoms with Gasteiger partial charge >= 0.3 is 0 Å². The first kappa shape index (κ1) is 15.7. The molecule has 0 heterocycles. The zero-order chi connectivity index (χ0) is 14.4. The Morgan fingerprint density at radius 1 is 1.26 bits per heavy atom. The zero-order valence-corrected chi connectivity index (χ0v) is 12.5. The van der Waals surface area contributed by atoms with Crippen molar-refractivity contribution in [2.75, 3.05) is 13.1 Å². The second-order valence-corrected chi connectivity index (χ2v) is 5.44. The van der Waals surface area contributed by atoms with Crippen molar-refractivity contribution in [1.82, 2.24) is 5.32 Å². The third-order valence-corrected chi connectivity index (χ3v) is 3.84. The van der Waals surface area contributed by atoms with Gasteiger partial charge in [-0.1, -0.05) is 19.1 Å².